The Morgan fingerprint density at radius 1 is 1.26 bits per heavy atom. The molecule has 4 nitrogen and oxygen atoms in total. The maximum atomic E-state index is 6.00. The highest BCUT2D eigenvalue weighted by molar-refractivity contribution is 6.30. The maximum Gasteiger partial charge on any atom is 0.191 e. The molecule has 0 aromatic heterocycles. The Morgan fingerprint density at radius 3 is 2.70 bits per heavy atom. The summed E-state index contributed by atoms with van der Waals surface area (Å²) in [6.45, 7) is 10.1. The molecule has 0 bridgehead atoms. The number of guanidine groups is 1. The molecular weight excluding hydrogens is 308 g/mol. The number of hydrogen-bond acceptors (Lipinski definition) is 2. The fourth-order valence-corrected chi connectivity index (χ4v) is 2.31. The molecular formula is C18H31ClN4. The third-order valence-corrected chi connectivity index (χ3v) is 4.00. The first kappa shape index (κ1) is 19.8. The van der Waals surface area contributed by atoms with Crippen molar-refractivity contribution >= 4 is 17.6 Å². The summed E-state index contributed by atoms with van der Waals surface area (Å²) in [5.41, 5.74) is 1.12. The van der Waals surface area contributed by atoms with E-state index in [1.54, 1.807) is 0 Å². The van der Waals surface area contributed by atoms with Crippen molar-refractivity contribution in [1.29, 1.82) is 0 Å². The van der Waals surface area contributed by atoms with Gasteiger partial charge in [0.2, 0.25) is 0 Å². The minimum atomic E-state index is 0.611. The van der Waals surface area contributed by atoms with Crippen LogP contribution in [0, 0.1) is 0 Å². The molecule has 0 saturated heterocycles. The number of nitrogens with zero attached hydrogens (tertiary/aromatic N) is 2. The predicted molar refractivity (Wildman–Crippen MR) is 101 cm³/mol. The number of nitrogens with one attached hydrogen (secondary N) is 2. The molecule has 0 spiro atoms. The first-order chi connectivity index (χ1) is 11.0. The number of rotatable bonds is 9. The van der Waals surface area contributed by atoms with Crippen LogP contribution in [0.3, 0.4) is 0 Å². The van der Waals surface area contributed by atoms with Gasteiger partial charge < -0.3 is 15.5 Å². The number of benzene rings is 1. The lowest BCUT2D eigenvalue weighted by Gasteiger charge is -2.20. The van der Waals surface area contributed by atoms with Crippen molar-refractivity contribution in [2.24, 2.45) is 4.99 Å². The molecule has 0 amide bonds. The molecule has 5 heteroatoms. The Balaban J connectivity index is 2.35. The van der Waals surface area contributed by atoms with Crippen molar-refractivity contribution in [3.05, 3.63) is 34.9 Å². The summed E-state index contributed by atoms with van der Waals surface area (Å²) in [6, 6.07) is 8.45. The van der Waals surface area contributed by atoms with Crippen LogP contribution in [-0.4, -0.2) is 43.6 Å². The highest BCUT2D eigenvalue weighted by Crippen LogP contribution is 2.11. The second kappa shape index (κ2) is 11.3. The average Bonchev–Trinajstić information content (AvgIpc) is 2.51. The molecule has 1 aromatic carbocycles. The smallest absolute Gasteiger partial charge is 0.191 e. The van der Waals surface area contributed by atoms with E-state index in [4.69, 9.17) is 11.6 Å². The largest absolute Gasteiger partial charge is 0.357 e. The van der Waals surface area contributed by atoms with E-state index < -0.39 is 0 Å². The van der Waals surface area contributed by atoms with E-state index in [0.29, 0.717) is 12.6 Å². The Hall–Kier alpha value is -1.26. The van der Waals surface area contributed by atoms with Gasteiger partial charge in [0.05, 0.1) is 6.54 Å². The topological polar surface area (TPSA) is 39.7 Å². The fraction of sp³-hybridized carbons (Fsp3) is 0.611. The van der Waals surface area contributed by atoms with Crippen LogP contribution in [0.1, 0.15) is 39.2 Å². The fourth-order valence-electron chi connectivity index (χ4n) is 2.10. The minimum absolute atomic E-state index is 0.611. The first-order valence-corrected chi connectivity index (χ1v) is 8.87. The van der Waals surface area contributed by atoms with Crippen molar-refractivity contribution < 1.29 is 0 Å². The molecule has 0 aliphatic heterocycles. The zero-order chi connectivity index (χ0) is 17.1. The standard InChI is InChI=1S/C18H31ClN4/c1-5-20-18(21-11-6-7-12-23(4)15(2)3)22-14-16-9-8-10-17(19)13-16/h8-10,13,15H,5-7,11-12,14H2,1-4H3,(H2,20,21,22). The van der Waals surface area contributed by atoms with Crippen molar-refractivity contribution in [2.75, 3.05) is 26.7 Å². The van der Waals surface area contributed by atoms with Crippen LogP contribution in [0.5, 0.6) is 0 Å². The van der Waals surface area contributed by atoms with Crippen LogP contribution >= 0.6 is 11.6 Å². The molecule has 0 aliphatic rings. The van der Waals surface area contributed by atoms with Crippen molar-refractivity contribution in [3.63, 3.8) is 0 Å². The summed E-state index contributed by atoms with van der Waals surface area (Å²) >= 11 is 6.00. The van der Waals surface area contributed by atoms with Crippen molar-refractivity contribution in [3.8, 4) is 0 Å². The van der Waals surface area contributed by atoms with E-state index in [9.17, 15) is 0 Å². The van der Waals surface area contributed by atoms with E-state index in [-0.39, 0.29) is 0 Å². The Bertz CT molecular complexity index is 474. The molecule has 23 heavy (non-hydrogen) atoms. The third kappa shape index (κ3) is 8.82. The number of halogens is 1. The summed E-state index contributed by atoms with van der Waals surface area (Å²) in [5, 5.41) is 7.43. The number of aliphatic imine (C=N–C) groups is 1. The SMILES string of the molecule is CCNC(=NCc1cccc(Cl)c1)NCCCCN(C)C(C)C. The van der Waals surface area contributed by atoms with Crippen LogP contribution in [-0.2, 0) is 6.54 Å². The zero-order valence-electron chi connectivity index (χ0n) is 14.9. The van der Waals surface area contributed by atoms with Gasteiger partial charge >= 0.3 is 0 Å². The third-order valence-electron chi connectivity index (χ3n) is 3.76. The molecule has 2 N–H and O–H groups in total. The molecule has 0 atom stereocenters. The highest BCUT2D eigenvalue weighted by Gasteiger charge is 2.02. The van der Waals surface area contributed by atoms with Gasteiger partial charge in [-0.15, -0.1) is 0 Å². The van der Waals surface area contributed by atoms with Crippen molar-refractivity contribution in [1.82, 2.24) is 15.5 Å². The monoisotopic (exact) mass is 338 g/mol. The summed E-state index contributed by atoms with van der Waals surface area (Å²) in [7, 11) is 2.18. The highest BCUT2D eigenvalue weighted by atomic mass is 35.5. The van der Waals surface area contributed by atoms with Gasteiger partial charge in [-0.25, -0.2) is 4.99 Å². The van der Waals surface area contributed by atoms with Gasteiger partial charge in [0.25, 0.3) is 0 Å². The predicted octanol–water partition coefficient (Wildman–Crippen LogP) is 3.52. The molecule has 0 fully saturated rings. The number of unbranched alkanes of at least 4 members (excludes halogenated alkanes) is 1. The molecule has 0 saturated carbocycles. The van der Waals surface area contributed by atoms with Gasteiger partial charge in [-0.3, -0.25) is 0 Å². The van der Waals surface area contributed by atoms with Crippen LogP contribution in [0.15, 0.2) is 29.3 Å². The van der Waals surface area contributed by atoms with Gasteiger partial charge in [-0.1, -0.05) is 23.7 Å². The van der Waals surface area contributed by atoms with Crippen LogP contribution in [0.4, 0.5) is 0 Å². The second-order valence-electron chi connectivity index (χ2n) is 6.03. The molecule has 0 aliphatic carbocycles. The maximum absolute atomic E-state index is 6.00. The lowest BCUT2D eigenvalue weighted by Crippen LogP contribution is -2.38. The van der Waals surface area contributed by atoms with E-state index >= 15 is 0 Å². The molecule has 0 radical (unpaired) electrons. The average molecular weight is 339 g/mol. The van der Waals surface area contributed by atoms with Gasteiger partial charge in [0, 0.05) is 24.2 Å². The Morgan fingerprint density at radius 2 is 2.04 bits per heavy atom. The molecule has 0 heterocycles. The summed E-state index contributed by atoms with van der Waals surface area (Å²) in [4.78, 5) is 6.98. The van der Waals surface area contributed by atoms with Gasteiger partial charge in [0.1, 0.15) is 0 Å². The lowest BCUT2D eigenvalue weighted by molar-refractivity contribution is 0.268. The summed E-state index contributed by atoms with van der Waals surface area (Å²) < 4.78 is 0. The van der Waals surface area contributed by atoms with Gasteiger partial charge in [-0.2, -0.15) is 0 Å². The molecule has 1 rings (SSSR count). The van der Waals surface area contributed by atoms with E-state index in [1.165, 1.54) is 6.42 Å². The number of hydrogen-bond donors (Lipinski definition) is 2. The summed E-state index contributed by atoms with van der Waals surface area (Å²) in [5.74, 6) is 0.865. The lowest BCUT2D eigenvalue weighted by atomic mass is 10.2. The van der Waals surface area contributed by atoms with Gasteiger partial charge in [0.15, 0.2) is 5.96 Å². The first-order valence-electron chi connectivity index (χ1n) is 8.49. The van der Waals surface area contributed by atoms with E-state index in [0.717, 1.165) is 42.6 Å². The van der Waals surface area contributed by atoms with E-state index in [1.807, 2.05) is 24.3 Å². The van der Waals surface area contributed by atoms with Crippen LogP contribution in [0.2, 0.25) is 5.02 Å². The van der Waals surface area contributed by atoms with Crippen LogP contribution in [0.25, 0.3) is 0 Å². The zero-order valence-corrected chi connectivity index (χ0v) is 15.7. The minimum Gasteiger partial charge on any atom is -0.357 e. The van der Waals surface area contributed by atoms with Crippen molar-refractivity contribution in [2.45, 2.75) is 46.2 Å². The second-order valence-corrected chi connectivity index (χ2v) is 6.47. The quantitative estimate of drug-likeness (QED) is 0.411. The molecule has 130 valence electrons. The van der Waals surface area contributed by atoms with Crippen LogP contribution < -0.4 is 10.6 Å². The van der Waals surface area contributed by atoms with Gasteiger partial charge in [-0.05, 0) is 64.9 Å². The Kier molecular flexibility index (Phi) is 9.72. The normalized spacial score (nSPS) is 12.0. The van der Waals surface area contributed by atoms with E-state index in [2.05, 4.69) is 48.3 Å². The Labute approximate surface area is 146 Å². The summed E-state index contributed by atoms with van der Waals surface area (Å²) in [6.07, 6.45) is 2.33. The molecule has 1 aromatic rings. The molecule has 0 unspecified atom stereocenters.